The molecule has 1 saturated heterocycles. The van der Waals surface area contributed by atoms with E-state index in [1.807, 2.05) is 0 Å². The van der Waals surface area contributed by atoms with Gasteiger partial charge in [0.2, 0.25) is 0 Å². The molecule has 0 bridgehead atoms. The van der Waals surface area contributed by atoms with E-state index in [-0.39, 0.29) is 0 Å². The first-order valence-corrected chi connectivity index (χ1v) is 3.43. The summed E-state index contributed by atoms with van der Waals surface area (Å²) in [7, 11) is 2.21. The Labute approximate surface area is 51.7 Å². The van der Waals surface area contributed by atoms with Crippen LogP contribution in [-0.4, -0.2) is 24.0 Å². The van der Waals surface area contributed by atoms with Gasteiger partial charge in [0.15, 0.2) is 0 Å². The summed E-state index contributed by atoms with van der Waals surface area (Å²) >= 11 is 0. The lowest BCUT2D eigenvalue weighted by atomic mass is 10.2. The molecule has 1 heteroatoms. The summed E-state index contributed by atoms with van der Waals surface area (Å²) in [6.07, 6.45) is 2.77. The molecule has 0 N–H and O–H groups in total. The smallest absolute Gasteiger partial charge is 0.00672 e. The van der Waals surface area contributed by atoms with Gasteiger partial charge in [-0.25, -0.2) is 0 Å². The average molecular weight is 113 g/mol. The molecule has 48 valence electrons. The summed E-state index contributed by atoms with van der Waals surface area (Å²) in [6.45, 7) is 4.59. The summed E-state index contributed by atoms with van der Waals surface area (Å²) in [5.74, 6) is 0. The second kappa shape index (κ2) is 2.06. The number of rotatable bonds is 0. The van der Waals surface area contributed by atoms with Crippen molar-refractivity contribution < 1.29 is 0 Å². The first-order chi connectivity index (χ1) is 3.72. The number of nitrogens with zero attached hydrogens (tertiary/aromatic N) is 1. The minimum absolute atomic E-state index is 0.824. The molecule has 0 saturated carbocycles. The van der Waals surface area contributed by atoms with Crippen LogP contribution < -0.4 is 0 Å². The Balaban J connectivity index is 2.44. The van der Waals surface area contributed by atoms with Crippen LogP contribution in [0.2, 0.25) is 0 Å². The van der Waals surface area contributed by atoms with Gasteiger partial charge in [-0.1, -0.05) is 0 Å². The molecular formula is C7H15N. The topological polar surface area (TPSA) is 3.24 Å². The van der Waals surface area contributed by atoms with Gasteiger partial charge in [-0.05, 0) is 33.7 Å². The fourth-order valence-corrected chi connectivity index (χ4v) is 1.32. The molecule has 8 heavy (non-hydrogen) atoms. The molecule has 1 heterocycles. The van der Waals surface area contributed by atoms with E-state index in [0.29, 0.717) is 0 Å². The Bertz CT molecular complexity index is 70.5. The Morgan fingerprint density at radius 1 is 1.12 bits per heavy atom. The van der Waals surface area contributed by atoms with Crippen molar-refractivity contribution >= 4 is 0 Å². The molecule has 0 aromatic carbocycles. The van der Waals surface area contributed by atoms with Crippen LogP contribution >= 0.6 is 0 Å². The van der Waals surface area contributed by atoms with Crippen molar-refractivity contribution in [3.63, 3.8) is 0 Å². The van der Waals surface area contributed by atoms with Gasteiger partial charge in [-0.2, -0.15) is 0 Å². The second-order valence-electron chi connectivity index (χ2n) is 2.94. The zero-order valence-electron chi connectivity index (χ0n) is 6.02. The molecule has 0 amide bonds. The fourth-order valence-electron chi connectivity index (χ4n) is 1.32. The van der Waals surface area contributed by atoms with Crippen LogP contribution in [0.3, 0.4) is 0 Å². The number of hydrogen-bond acceptors (Lipinski definition) is 1. The van der Waals surface area contributed by atoms with Gasteiger partial charge >= 0.3 is 0 Å². The maximum atomic E-state index is 2.44. The van der Waals surface area contributed by atoms with Crippen LogP contribution in [0.15, 0.2) is 0 Å². The fraction of sp³-hybridized carbons (Fsp3) is 1.00. The van der Waals surface area contributed by atoms with Crippen molar-refractivity contribution in [3.05, 3.63) is 0 Å². The maximum Gasteiger partial charge on any atom is 0.00672 e. The normalized spacial score (nSPS) is 40.9. The predicted octanol–water partition coefficient (Wildman–Crippen LogP) is 1.49. The summed E-state index contributed by atoms with van der Waals surface area (Å²) in [5.41, 5.74) is 0. The Morgan fingerprint density at radius 3 is 1.62 bits per heavy atom. The SMILES string of the molecule is C[C@H]1CC[C@H](C)N1C. The van der Waals surface area contributed by atoms with Crippen LogP contribution in [0, 0.1) is 0 Å². The quantitative estimate of drug-likeness (QED) is 0.460. The van der Waals surface area contributed by atoms with Crippen molar-refractivity contribution in [2.75, 3.05) is 7.05 Å². The van der Waals surface area contributed by atoms with Gasteiger partial charge in [-0.3, -0.25) is 0 Å². The Kier molecular flexibility index (Phi) is 1.57. The van der Waals surface area contributed by atoms with E-state index in [9.17, 15) is 0 Å². The van der Waals surface area contributed by atoms with Gasteiger partial charge < -0.3 is 4.90 Å². The first-order valence-electron chi connectivity index (χ1n) is 3.43. The van der Waals surface area contributed by atoms with Crippen molar-refractivity contribution in [3.8, 4) is 0 Å². The second-order valence-corrected chi connectivity index (χ2v) is 2.94. The first kappa shape index (κ1) is 6.09. The molecule has 1 fully saturated rings. The lowest BCUT2D eigenvalue weighted by Gasteiger charge is -2.18. The monoisotopic (exact) mass is 113 g/mol. The summed E-state index contributed by atoms with van der Waals surface area (Å²) < 4.78 is 0. The summed E-state index contributed by atoms with van der Waals surface area (Å²) in [5, 5.41) is 0. The molecule has 0 aromatic heterocycles. The lowest BCUT2D eigenvalue weighted by Crippen LogP contribution is -2.27. The molecule has 0 radical (unpaired) electrons. The van der Waals surface area contributed by atoms with Crippen molar-refractivity contribution in [1.29, 1.82) is 0 Å². The van der Waals surface area contributed by atoms with Gasteiger partial charge in [0, 0.05) is 12.1 Å². The molecule has 0 aliphatic carbocycles. The van der Waals surface area contributed by atoms with Crippen LogP contribution in [-0.2, 0) is 0 Å². The van der Waals surface area contributed by atoms with Crippen molar-refractivity contribution in [2.24, 2.45) is 0 Å². The van der Waals surface area contributed by atoms with E-state index in [0.717, 1.165) is 12.1 Å². The average Bonchev–Trinajstić information content (AvgIpc) is 1.98. The number of likely N-dealkylation sites (tertiary alicyclic amines) is 1. The van der Waals surface area contributed by atoms with Gasteiger partial charge in [0.25, 0.3) is 0 Å². The Hall–Kier alpha value is -0.0400. The largest absolute Gasteiger partial charge is 0.301 e. The molecule has 0 spiro atoms. The molecule has 1 rings (SSSR count). The minimum Gasteiger partial charge on any atom is -0.301 e. The standard InChI is InChI=1S/C7H15N/c1-6-4-5-7(2)8(6)3/h6-7H,4-5H2,1-3H3/t6-,7-/m0/s1. The van der Waals surface area contributed by atoms with Crippen molar-refractivity contribution in [1.82, 2.24) is 4.90 Å². The molecule has 2 atom stereocenters. The van der Waals surface area contributed by atoms with Crippen molar-refractivity contribution in [2.45, 2.75) is 38.8 Å². The third-order valence-electron chi connectivity index (χ3n) is 2.39. The van der Waals surface area contributed by atoms with Crippen LogP contribution in [0.4, 0.5) is 0 Å². The van der Waals surface area contributed by atoms with E-state index < -0.39 is 0 Å². The van der Waals surface area contributed by atoms with Gasteiger partial charge in [0.1, 0.15) is 0 Å². The highest BCUT2D eigenvalue weighted by Crippen LogP contribution is 2.20. The van der Waals surface area contributed by atoms with Crippen LogP contribution in [0.5, 0.6) is 0 Å². The van der Waals surface area contributed by atoms with Crippen LogP contribution in [0.1, 0.15) is 26.7 Å². The van der Waals surface area contributed by atoms with Crippen LogP contribution in [0.25, 0.3) is 0 Å². The minimum atomic E-state index is 0.824. The molecule has 1 nitrogen and oxygen atoms in total. The van der Waals surface area contributed by atoms with E-state index >= 15 is 0 Å². The Morgan fingerprint density at radius 2 is 1.50 bits per heavy atom. The highest BCUT2D eigenvalue weighted by Gasteiger charge is 2.22. The zero-order chi connectivity index (χ0) is 6.15. The molecule has 0 aromatic rings. The summed E-state index contributed by atoms with van der Waals surface area (Å²) in [6, 6.07) is 1.65. The lowest BCUT2D eigenvalue weighted by molar-refractivity contribution is 0.267. The molecule has 1 aliphatic heterocycles. The molecule has 0 unspecified atom stereocenters. The third-order valence-corrected chi connectivity index (χ3v) is 2.39. The third kappa shape index (κ3) is 0.873. The number of hydrogen-bond donors (Lipinski definition) is 0. The van der Waals surface area contributed by atoms with Gasteiger partial charge in [-0.15, -0.1) is 0 Å². The highest BCUT2D eigenvalue weighted by atomic mass is 15.2. The van der Waals surface area contributed by atoms with E-state index in [4.69, 9.17) is 0 Å². The maximum absolute atomic E-state index is 2.44. The van der Waals surface area contributed by atoms with E-state index in [2.05, 4.69) is 25.8 Å². The molecule has 1 aliphatic rings. The zero-order valence-corrected chi connectivity index (χ0v) is 6.02. The summed E-state index contributed by atoms with van der Waals surface area (Å²) in [4.78, 5) is 2.44. The molecular weight excluding hydrogens is 98.1 g/mol. The van der Waals surface area contributed by atoms with E-state index in [1.54, 1.807) is 0 Å². The van der Waals surface area contributed by atoms with Gasteiger partial charge in [0.05, 0.1) is 0 Å². The predicted molar refractivity (Wildman–Crippen MR) is 35.9 cm³/mol. The van der Waals surface area contributed by atoms with E-state index in [1.165, 1.54) is 12.8 Å². The highest BCUT2D eigenvalue weighted by molar-refractivity contribution is 4.78.